The average molecular weight is 285 g/mol. The Morgan fingerprint density at radius 1 is 1.30 bits per heavy atom. The van der Waals surface area contributed by atoms with Crippen LogP contribution in [0.5, 0.6) is 0 Å². The third kappa shape index (κ3) is 3.34. The van der Waals surface area contributed by atoms with Crippen LogP contribution in [0.1, 0.15) is 27.6 Å². The SMILES string of the molecule is Cc1noc(CNC(=O)c2ccc(C(F)(F)F)cc2)n1. The molecule has 0 unspecified atom stereocenters. The van der Waals surface area contributed by atoms with Gasteiger partial charge in [-0.25, -0.2) is 0 Å². The summed E-state index contributed by atoms with van der Waals surface area (Å²) in [5.74, 6) is 0.140. The third-order valence-corrected chi connectivity index (χ3v) is 2.44. The van der Waals surface area contributed by atoms with Gasteiger partial charge in [-0.05, 0) is 31.2 Å². The van der Waals surface area contributed by atoms with E-state index in [0.29, 0.717) is 5.82 Å². The summed E-state index contributed by atoms with van der Waals surface area (Å²) in [5.41, 5.74) is -0.684. The van der Waals surface area contributed by atoms with E-state index in [1.165, 1.54) is 0 Å². The van der Waals surface area contributed by atoms with Crippen molar-refractivity contribution in [2.24, 2.45) is 0 Å². The molecule has 1 aromatic heterocycles. The number of aryl methyl sites for hydroxylation is 1. The summed E-state index contributed by atoms with van der Waals surface area (Å²) in [4.78, 5) is 15.6. The Hall–Kier alpha value is -2.38. The minimum absolute atomic E-state index is 0.0146. The second-order valence-electron chi connectivity index (χ2n) is 3.99. The molecule has 2 rings (SSSR count). The average Bonchev–Trinajstić information content (AvgIpc) is 2.81. The summed E-state index contributed by atoms with van der Waals surface area (Å²) in [6.07, 6.45) is -4.42. The van der Waals surface area contributed by atoms with Crippen LogP contribution in [-0.4, -0.2) is 16.0 Å². The zero-order chi connectivity index (χ0) is 14.8. The van der Waals surface area contributed by atoms with Crippen LogP contribution in [-0.2, 0) is 12.7 Å². The van der Waals surface area contributed by atoms with Crippen LogP contribution in [0.15, 0.2) is 28.8 Å². The highest BCUT2D eigenvalue weighted by Crippen LogP contribution is 2.29. The molecule has 0 fully saturated rings. The largest absolute Gasteiger partial charge is 0.416 e. The Morgan fingerprint density at radius 2 is 1.95 bits per heavy atom. The van der Waals surface area contributed by atoms with Crippen LogP contribution >= 0.6 is 0 Å². The van der Waals surface area contributed by atoms with Crippen molar-refractivity contribution in [2.45, 2.75) is 19.6 Å². The van der Waals surface area contributed by atoms with E-state index in [2.05, 4.69) is 15.5 Å². The highest BCUT2D eigenvalue weighted by atomic mass is 19.4. The molecular formula is C12H10F3N3O2. The molecule has 1 amide bonds. The van der Waals surface area contributed by atoms with E-state index in [-0.39, 0.29) is 18.0 Å². The number of rotatable bonds is 3. The number of alkyl halides is 3. The Morgan fingerprint density at radius 3 is 2.45 bits per heavy atom. The number of carbonyl (C=O) groups is 1. The zero-order valence-corrected chi connectivity index (χ0v) is 10.4. The van der Waals surface area contributed by atoms with Crippen LogP contribution < -0.4 is 5.32 Å². The van der Waals surface area contributed by atoms with Gasteiger partial charge < -0.3 is 9.84 Å². The molecule has 0 aliphatic carbocycles. The Kier molecular flexibility index (Phi) is 3.73. The maximum Gasteiger partial charge on any atom is 0.416 e. The molecule has 2 aromatic rings. The van der Waals surface area contributed by atoms with E-state index in [1.54, 1.807) is 6.92 Å². The molecule has 106 valence electrons. The standard InChI is InChI=1S/C12H10F3N3O2/c1-7-17-10(20-18-7)6-16-11(19)8-2-4-9(5-3-8)12(13,14)15/h2-5H,6H2,1H3,(H,16,19). The Labute approximate surface area is 111 Å². The van der Waals surface area contributed by atoms with Crippen LogP contribution in [0, 0.1) is 6.92 Å². The quantitative estimate of drug-likeness (QED) is 0.939. The van der Waals surface area contributed by atoms with Crippen molar-refractivity contribution < 1.29 is 22.5 Å². The first kappa shape index (κ1) is 14.0. The van der Waals surface area contributed by atoms with Gasteiger partial charge in [0.25, 0.3) is 5.91 Å². The maximum absolute atomic E-state index is 12.4. The Bertz CT molecular complexity index is 605. The van der Waals surface area contributed by atoms with Crippen LogP contribution in [0.25, 0.3) is 0 Å². The van der Waals surface area contributed by atoms with Gasteiger partial charge in [0.15, 0.2) is 5.82 Å². The molecule has 0 aliphatic rings. The highest BCUT2D eigenvalue weighted by molar-refractivity contribution is 5.94. The predicted octanol–water partition coefficient (Wildman–Crippen LogP) is 2.33. The fourth-order valence-electron chi connectivity index (χ4n) is 1.48. The number of nitrogens with zero attached hydrogens (tertiary/aromatic N) is 2. The molecule has 0 saturated heterocycles. The van der Waals surface area contributed by atoms with Crippen molar-refractivity contribution in [2.75, 3.05) is 0 Å². The first-order valence-corrected chi connectivity index (χ1v) is 5.61. The first-order valence-electron chi connectivity index (χ1n) is 5.61. The van der Waals surface area contributed by atoms with Gasteiger partial charge in [0.05, 0.1) is 12.1 Å². The highest BCUT2D eigenvalue weighted by Gasteiger charge is 2.30. The number of benzene rings is 1. The van der Waals surface area contributed by atoms with Gasteiger partial charge in [-0.1, -0.05) is 5.16 Å². The summed E-state index contributed by atoms with van der Waals surface area (Å²) in [5, 5.41) is 6.01. The van der Waals surface area contributed by atoms with Crippen molar-refractivity contribution in [3.05, 3.63) is 47.1 Å². The van der Waals surface area contributed by atoms with Gasteiger partial charge >= 0.3 is 6.18 Å². The number of carbonyl (C=O) groups excluding carboxylic acids is 1. The van der Waals surface area contributed by atoms with E-state index >= 15 is 0 Å². The second kappa shape index (κ2) is 5.32. The van der Waals surface area contributed by atoms with Crippen LogP contribution in [0.4, 0.5) is 13.2 Å². The van der Waals surface area contributed by atoms with Crippen molar-refractivity contribution in [3.8, 4) is 0 Å². The van der Waals surface area contributed by atoms with Crippen molar-refractivity contribution in [3.63, 3.8) is 0 Å². The molecule has 1 N–H and O–H groups in total. The number of hydrogen-bond acceptors (Lipinski definition) is 4. The van der Waals surface area contributed by atoms with Gasteiger partial charge in [0, 0.05) is 5.56 Å². The summed E-state index contributed by atoms with van der Waals surface area (Å²) in [6.45, 7) is 1.64. The van der Waals surface area contributed by atoms with Crippen LogP contribution in [0.3, 0.4) is 0 Å². The minimum Gasteiger partial charge on any atom is -0.343 e. The topological polar surface area (TPSA) is 68.0 Å². The smallest absolute Gasteiger partial charge is 0.343 e. The minimum atomic E-state index is -4.42. The van der Waals surface area contributed by atoms with Crippen LogP contribution in [0.2, 0.25) is 0 Å². The van der Waals surface area contributed by atoms with Gasteiger partial charge in [-0.3, -0.25) is 4.79 Å². The number of hydrogen-bond donors (Lipinski definition) is 1. The van der Waals surface area contributed by atoms with Gasteiger partial charge in [-0.15, -0.1) is 0 Å². The van der Waals surface area contributed by atoms with Gasteiger partial charge in [0.1, 0.15) is 0 Å². The number of halogens is 3. The second-order valence-corrected chi connectivity index (χ2v) is 3.99. The summed E-state index contributed by atoms with van der Waals surface area (Å²) in [7, 11) is 0. The fourth-order valence-corrected chi connectivity index (χ4v) is 1.48. The predicted molar refractivity (Wildman–Crippen MR) is 61.6 cm³/mol. The fraction of sp³-hybridized carbons (Fsp3) is 0.250. The molecule has 5 nitrogen and oxygen atoms in total. The van der Waals surface area contributed by atoms with E-state index in [0.717, 1.165) is 24.3 Å². The van der Waals surface area contributed by atoms with E-state index in [4.69, 9.17) is 4.52 Å². The van der Waals surface area contributed by atoms with E-state index in [1.807, 2.05) is 0 Å². The monoisotopic (exact) mass is 285 g/mol. The summed E-state index contributed by atoms with van der Waals surface area (Å²) < 4.78 is 41.9. The van der Waals surface area contributed by atoms with Crippen molar-refractivity contribution in [1.82, 2.24) is 15.5 Å². The van der Waals surface area contributed by atoms with Gasteiger partial charge in [-0.2, -0.15) is 18.2 Å². The lowest BCUT2D eigenvalue weighted by atomic mass is 10.1. The van der Waals surface area contributed by atoms with Crippen molar-refractivity contribution >= 4 is 5.91 Å². The lowest BCUT2D eigenvalue weighted by Crippen LogP contribution is -2.23. The molecule has 0 aliphatic heterocycles. The lowest BCUT2D eigenvalue weighted by Gasteiger charge is -2.07. The molecular weight excluding hydrogens is 275 g/mol. The molecule has 8 heteroatoms. The first-order chi connectivity index (χ1) is 9.36. The molecule has 0 atom stereocenters. The third-order valence-electron chi connectivity index (χ3n) is 2.44. The van der Waals surface area contributed by atoms with E-state index in [9.17, 15) is 18.0 Å². The zero-order valence-electron chi connectivity index (χ0n) is 10.4. The molecule has 0 spiro atoms. The molecule has 1 heterocycles. The molecule has 0 bridgehead atoms. The van der Waals surface area contributed by atoms with E-state index < -0.39 is 17.6 Å². The van der Waals surface area contributed by atoms with Gasteiger partial charge in [0.2, 0.25) is 5.89 Å². The number of aromatic nitrogens is 2. The molecule has 0 radical (unpaired) electrons. The molecule has 0 saturated carbocycles. The Balaban J connectivity index is 1.99. The summed E-state index contributed by atoms with van der Waals surface area (Å²) in [6, 6.07) is 3.92. The molecule has 1 aromatic carbocycles. The number of amides is 1. The normalized spacial score (nSPS) is 11.4. The molecule has 20 heavy (non-hydrogen) atoms. The summed E-state index contributed by atoms with van der Waals surface area (Å²) >= 11 is 0. The number of nitrogens with one attached hydrogen (secondary N) is 1. The lowest BCUT2D eigenvalue weighted by molar-refractivity contribution is -0.137. The maximum atomic E-state index is 12.4. The van der Waals surface area contributed by atoms with Crippen molar-refractivity contribution in [1.29, 1.82) is 0 Å².